The first-order chi connectivity index (χ1) is 4.08. The second kappa shape index (κ2) is 2.22. The van der Waals surface area contributed by atoms with Gasteiger partial charge in [-0.15, -0.1) is 0 Å². The zero-order valence-electron chi connectivity index (χ0n) is 4.70. The first-order valence-electron chi connectivity index (χ1n) is 2.47. The molecule has 9 heavy (non-hydrogen) atoms. The average Bonchev–Trinajstić information content (AvgIpc) is 2.38. The van der Waals surface area contributed by atoms with E-state index >= 15 is 0 Å². The lowest BCUT2D eigenvalue weighted by molar-refractivity contribution is 0.406. The summed E-state index contributed by atoms with van der Waals surface area (Å²) in [6.07, 6.45) is 0.0447. The third kappa shape index (κ3) is 3.41. The molecule has 54 valence electrons. The standard InChI is InChI=1S/C3H8N2O3S/c4-9(6,7)5-1-3-2-8-3/h3,5H,1-2H2,(H2,4,6,7). The van der Waals surface area contributed by atoms with Gasteiger partial charge in [0, 0.05) is 6.54 Å². The van der Waals surface area contributed by atoms with Crippen LogP contribution in [0.2, 0.25) is 0 Å². The maximum atomic E-state index is 10.2. The van der Waals surface area contributed by atoms with E-state index in [2.05, 4.69) is 9.86 Å². The van der Waals surface area contributed by atoms with Gasteiger partial charge in [-0.1, -0.05) is 0 Å². The maximum absolute atomic E-state index is 10.2. The second-order valence-corrected chi connectivity index (χ2v) is 3.23. The third-order valence-electron chi connectivity index (χ3n) is 0.915. The molecule has 0 saturated carbocycles. The van der Waals surface area contributed by atoms with Gasteiger partial charge < -0.3 is 4.74 Å². The second-order valence-electron chi connectivity index (χ2n) is 1.85. The Bertz CT molecular complexity index is 183. The molecule has 1 saturated heterocycles. The van der Waals surface area contributed by atoms with E-state index in [0.717, 1.165) is 0 Å². The fourth-order valence-corrected chi connectivity index (χ4v) is 0.813. The Morgan fingerprint density at radius 2 is 2.33 bits per heavy atom. The molecule has 1 atom stereocenters. The molecular formula is C3H8N2O3S. The number of epoxide rings is 1. The van der Waals surface area contributed by atoms with Crippen molar-refractivity contribution in [3.8, 4) is 0 Å². The van der Waals surface area contributed by atoms with Crippen LogP contribution in [-0.4, -0.2) is 27.7 Å². The van der Waals surface area contributed by atoms with Gasteiger partial charge in [0.2, 0.25) is 0 Å². The monoisotopic (exact) mass is 152 g/mol. The Hall–Kier alpha value is -0.170. The maximum Gasteiger partial charge on any atom is 0.274 e. The number of hydrogen-bond acceptors (Lipinski definition) is 3. The SMILES string of the molecule is NS(=O)(=O)NCC1CO1. The molecule has 1 rings (SSSR count). The number of nitrogens with two attached hydrogens (primary N) is 1. The predicted octanol–water partition coefficient (Wildman–Crippen LogP) is -1.82. The Morgan fingerprint density at radius 1 is 1.78 bits per heavy atom. The van der Waals surface area contributed by atoms with Gasteiger partial charge in [0.1, 0.15) is 0 Å². The molecule has 0 bridgehead atoms. The molecule has 0 aromatic rings. The van der Waals surface area contributed by atoms with Gasteiger partial charge >= 0.3 is 0 Å². The zero-order valence-corrected chi connectivity index (χ0v) is 5.52. The molecular weight excluding hydrogens is 144 g/mol. The van der Waals surface area contributed by atoms with Crippen LogP contribution in [0.15, 0.2) is 0 Å². The van der Waals surface area contributed by atoms with E-state index in [1.54, 1.807) is 0 Å². The largest absolute Gasteiger partial charge is 0.372 e. The molecule has 3 N–H and O–H groups in total. The first-order valence-corrected chi connectivity index (χ1v) is 4.01. The molecule has 0 aliphatic carbocycles. The van der Waals surface area contributed by atoms with Gasteiger partial charge in [-0.2, -0.15) is 13.1 Å². The van der Waals surface area contributed by atoms with E-state index in [0.29, 0.717) is 13.2 Å². The summed E-state index contributed by atoms with van der Waals surface area (Å²) in [5.74, 6) is 0. The number of ether oxygens (including phenoxy) is 1. The van der Waals surface area contributed by atoms with Gasteiger partial charge in [-0.25, -0.2) is 5.14 Å². The zero-order chi connectivity index (χ0) is 6.91. The summed E-state index contributed by atoms with van der Waals surface area (Å²) in [6.45, 7) is 0.918. The topological polar surface area (TPSA) is 84.7 Å². The van der Waals surface area contributed by atoms with E-state index in [9.17, 15) is 8.42 Å². The quantitative estimate of drug-likeness (QED) is 0.467. The summed E-state index contributed by atoms with van der Waals surface area (Å²) in [7, 11) is -3.51. The van der Waals surface area contributed by atoms with Crippen LogP contribution in [0.4, 0.5) is 0 Å². The minimum absolute atomic E-state index is 0.0447. The highest BCUT2D eigenvalue weighted by atomic mass is 32.2. The van der Waals surface area contributed by atoms with Crippen LogP contribution in [0.25, 0.3) is 0 Å². The molecule has 1 fully saturated rings. The van der Waals surface area contributed by atoms with E-state index < -0.39 is 10.2 Å². The van der Waals surface area contributed by atoms with Crippen LogP contribution < -0.4 is 9.86 Å². The van der Waals surface area contributed by atoms with Crippen molar-refractivity contribution in [2.75, 3.05) is 13.2 Å². The van der Waals surface area contributed by atoms with Crippen LogP contribution in [0.3, 0.4) is 0 Å². The summed E-state index contributed by atoms with van der Waals surface area (Å²) >= 11 is 0. The van der Waals surface area contributed by atoms with Crippen molar-refractivity contribution >= 4 is 10.2 Å². The van der Waals surface area contributed by atoms with Crippen LogP contribution in [0.5, 0.6) is 0 Å². The molecule has 1 aliphatic rings. The van der Waals surface area contributed by atoms with Gasteiger partial charge in [0.15, 0.2) is 0 Å². The van der Waals surface area contributed by atoms with Crippen molar-refractivity contribution in [2.24, 2.45) is 5.14 Å². The third-order valence-corrected chi connectivity index (χ3v) is 1.48. The molecule has 6 heteroatoms. The highest BCUT2D eigenvalue weighted by Crippen LogP contribution is 2.05. The molecule has 1 aliphatic heterocycles. The van der Waals surface area contributed by atoms with E-state index in [1.807, 2.05) is 0 Å². The Labute approximate surface area is 53.4 Å². The number of hydrogen-bond donors (Lipinski definition) is 2. The predicted molar refractivity (Wildman–Crippen MR) is 30.8 cm³/mol. The van der Waals surface area contributed by atoms with Gasteiger partial charge in [-0.05, 0) is 0 Å². The lowest BCUT2D eigenvalue weighted by Gasteiger charge is -1.95. The molecule has 5 nitrogen and oxygen atoms in total. The van der Waals surface area contributed by atoms with Crippen LogP contribution in [0.1, 0.15) is 0 Å². The van der Waals surface area contributed by atoms with Crippen LogP contribution in [0, 0.1) is 0 Å². The number of nitrogens with one attached hydrogen (secondary N) is 1. The van der Waals surface area contributed by atoms with Crippen molar-refractivity contribution in [3.63, 3.8) is 0 Å². The Kier molecular flexibility index (Phi) is 1.71. The summed E-state index contributed by atoms with van der Waals surface area (Å²) in [6, 6.07) is 0. The Balaban J connectivity index is 2.18. The van der Waals surface area contributed by atoms with Crippen LogP contribution >= 0.6 is 0 Å². The Morgan fingerprint density at radius 3 is 2.67 bits per heavy atom. The summed E-state index contributed by atoms with van der Waals surface area (Å²) in [4.78, 5) is 0. The number of rotatable bonds is 3. The minimum Gasteiger partial charge on any atom is -0.372 e. The van der Waals surface area contributed by atoms with Crippen molar-refractivity contribution in [1.29, 1.82) is 0 Å². The highest BCUT2D eigenvalue weighted by molar-refractivity contribution is 7.87. The van der Waals surface area contributed by atoms with Crippen LogP contribution in [-0.2, 0) is 14.9 Å². The van der Waals surface area contributed by atoms with E-state index in [-0.39, 0.29) is 6.10 Å². The fraction of sp³-hybridized carbons (Fsp3) is 1.00. The van der Waals surface area contributed by atoms with Gasteiger partial charge in [-0.3, -0.25) is 0 Å². The first kappa shape index (κ1) is 6.94. The lowest BCUT2D eigenvalue weighted by atomic mass is 10.5. The molecule has 0 spiro atoms. The molecule has 1 heterocycles. The molecule has 1 unspecified atom stereocenters. The molecule has 0 aromatic carbocycles. The van der Waals surface area contributed by atoms with Crippen molar-refractivity contribution in [3.05, 3.63) is 0 Å². The molecule has 0 amide bonds. The highest BCUT2D eigenvalue weighted by Gasteiger charge is 2.23. The summed E-state index contributed by atoms with van der Waals surface area (Å²) < 4.78 is 27.2. The van der Waals surface area contributed by atoms with Gasteiger partial charge in [0.05, 0.1) is 12.7 Å². The molecule has 0 aromatic heterocycles. The smallest absolute Gasteiger partial charge is 0.274 e. The van der Waals surface area contributed by atoms with Gasteiger partial charge in [0.25, 0.3) is 10.2 Å². The lowest BCUT2D eigenvalue weighted by Crippen LogP contribution is -2.33. The van der Waals surface area contributed by atoms with Crippen molar-refractivity contribution < 1.29 is 13.2 Å². The summed E-state index contributed by atoms with van der Waals surface area (Å²) in [5.41, 5.74) is 0. The minimum atomic E-state index is -3.51. The van der Waals surface area contributed by atoms with E-state index in [4.69, 9.17) is 4.74 Å². The van der Waals surface area contributed by atoms with Crippen molar-refractivity contribution in [2.45, 2.75) is 6.10 Å². The fourth-order valence-electron chi connectivity index (χ4n) is 0.395. The summed E-state index contributed by atoms with van der Waals surface area (Å²) in [5, 5.41) is 4.62. The molecule has 0 radical (unpaired) electrons. The van der Waals surface area contributed by atoms with Crippen molar-refractivity contribution in [1.82, 2.24) is 4.72 Å². The van der Waals surface area contributed by atoms with E-state index in [1.165, 1.54) is 0 Å². The average molecular weight is 152 g/mol. The normalized spacial score (nSPS) is 26.1.